The monoisotopic (exact) mass is 523 g/mol. The van der Waals surface area contributed by atoms with E-state index in [2.05, 4.69) is 29.3 Å². The fraction of sp³-hybridized carbons (Fsp3) is 0.613. The molecule has 3 aliphatic heterocycles. The lowest BCUT2D eigenvalue weighted by atomic mass is 9.85. The van der Waals surface area contributed by atoms with E-state index in [9.17, 15) is 14.3 Å². The topological polar surface area (TPSA) is 74.7 Å². The van der Waals surface area contributed by atoms with Gasteiger partial charge in [-0.3, -0.25) is 9.69 Å². The van der Waals surface area contributed by atoms with Crippen LogP contribution < -0.4 is 5.32 Å². The molecule has 0 saturated carbocycles. The van der Waals surface area contributed by atoms with Crippen LogP contribution in [0.5, 0.6) is 0 Å². The summed E-state index contributed by atoms with van der Waals surface area (Å²) in [6.07, 6.45) is 9.36. The molecule has 2 unspecified atom stereocenters. The number of unbranched alkanes of at least 4 members (excludes halogenated alkanes) is 1. The highest BCUT2D eigenvalue weighted by molar-refractivity contribution is 5.76. The average Bonchev–Trinajstić information content (AvgIpc) is 3.41. The lowest BCUT2D eigenvalue weighted by molar-refractivity contribution is -0.143. The first-order valence-electron chi connectivity index (χ1n) is 14.6. The Labute approximate surface area is 226 Å². The third-order valence-electron chi connectivity index (χ3n) is 8.96. The van der Waals surface area contributed by atoms with Crippen LogP contribution in [0.25, 0.3) is 0 Å². The minimum atomic E-state index is -0.885. The third-order valence-corrected chi connectivity index (χ3v) is 8.96. The molecule has 0 bridgehead atoms. The molecule has 2 aromatic rings. The normalized spacial score (nSPS) is 22.0. The van der Waals surface area contributed by atoms with E-state index >= 15 is 0 Å². The van der Waals surface area contributed by atoms with Crippen molar-refractivity contribution >= 4 is 11.8 Å². The number of carboxylic acids is 1. The number of nitrogens with zero attached hydrogens (tertiary/aromatic N) is 2. The van der Waals surface area contributed by atoms with Crippen molar-refractivity contribution in [2.75, 3.05) is 38.2 Å². The summed E-state index contributed by atoms with van der Waals surface area (Å²) in [6.45, 7) is 6.14. The summed E-state index contributed by atoms with van der Waals surface area (Å²) < 4.78 is 19.9. The Balaban J connectivity index is 1.16. The number of rotatable bonds is 10. The molecule has 0 aliphatic carbocycles. The standard InChI is InChI=1S/C31H42FN3O3/c1-21(5-2-3-7-26-10-8-23-6-4-15-33-30(23)34-26)24-12-16-35(20-24)29(31(36)37)28-19-25(32)9-11-27(28)22-13-17-38-18-14-22/h8-11,19,21-22,24,29H,2-7,12-18,20H2,1H3,(H,33,34)(H,36,37)/t21?,24-,29?/m1/s1. The zero-order chi connectivity index (χ0) is 26.5. The van der Waals surface area contributed by atoms with E-state index < -0.39 is 12.0 Å². The van der Waals surface area contributed by atoms with Gasteiger partial charge in [0, 0.05) is 32.0 Å². The van der Waals surface area contributed by atoms with Crippen molar-refractivity contribution in [3.63, 3.8) is 0 Å². The Bertz CT molecular complexity index is 1100. The second-order valence-corrected chi connectivity index (χ2v) is 11.5. The average molecular weight is 524 g/mol. The minimum Gasteiger partial charge on any atom is -0.480 e. The Kier molecular flexibility index (Phi) is 8.95. The molecule has 3 atom stereocenters. The molecular formula is C31H42FN3O3. The molecule has 1 aromatic carbocycles. The summed E-state index contributed by atoms with van der Waals surface area (Å²) in [5, 5.41) is 13.7. The number of carbonyl (C=O) groups is 1. The Morgan fingerprint density at radius 2 is 2.05 bits per heavy atom. The highest BCUT2D eigenvalue weighted by Gasteiger charge is 2.37. The van der Waals surface area contributed by atoms with E-state index in [1.54, 1.807) is 6.07 Å². The van der Waals surface area contributed by atoms with Crippen molar-refractivity contribution < 1.29 is 19.0 Å². The maximum Gasteiger partial charge on any atom is 0.325 e. The van der Waals surface area contributed by atoms with Crippen LogP contribution in [0.3, 0.4) is 0 Å². The number of fused-ring (bicyclic) bond motifs is 1. The molecule has 7 heteroatoms. The van der Waals surface area contributed by atoms with E-state index in [1.165, 1.54) is 24.1 Å². The number of aromatic nitrogens is 1. The lowest BCUT2D eigenvalue weighted by Crippen LogP contribution is -2.34. The predicted molar refractivity (Wildman–Crippen MR) is 147 cm³/mol. The van der Waals surface area contributed by atoms with Crippen molar-refractivity contribution in [1.82, 2.24) is 9.88 Å². The molecule has 0 radical (unpaired) electrons. The largest absolute Gasteiger partial charge is 0.480 e. The van der Waals surface area contributed by atoms with Crippen LogP contribution in [0.15, 0.2) is 30.3 Å². The van der Waals surface area contributed by atoms with Gasteiger partial charge in [0.15, 0.2) is 0 Å². The summed E-state index contributed by atoms with van der Waals surface area (Å²) in [4.78, 5) is 19.4. The number of halogens is 1. The summed E-state index contributed by atoms with van der Waals surface area (Å²) in [6, 6.07) is 8.34. The first kappa shape index (κ1) is 27.1. The maximum absolute atomic E-state index is 14.4. The Morgan fingerprint density at radius 1 is 1.21 bits per heavy atom. The number of aryl methyl sites for hydroxylation is 2. The SMILES string of the molecule is CC(CCCCc1ccc2c(n1)NCCC2)[C@@H]1CCN(C(C(=O)O)c2cc(F)ccc2C2CCOCC2)C1. The molecule has 6 nitrogen and oxygen atoms in total. The van der Waals surface area contributed by atoms with Gasteiger partial charge in [-0.1, -0.05) is 31.9 Å². The summed E-state index contributed by atoms with van der Waals surface area (Å²) >= 11 is 0. The Hall–Kier alpha value is -2.51. The number of anilines is 1. The van der Waals surface area contributed by atoms with Gasteiger partial charge in [0.2, 0.25) is 0 Å². The lowest BCUT2D eigenvalue weighted by Gasteiger charge is -2.31. The highest BCUT2D eigenvalue weighted by Crippen LogP contribution is 2.38. The smallest absolute Gasteiger partial charge is 0.325 e. The second kappa shape index (κ2) is 12.6. The van der Waals surface area contributed by atoms with Crippen molar-refractivity contribution in [2.45, 2.75) is 76.7 Å². The van der Waals surface area contributed by atoms with Gasteiger partial charge in [-0.15, -0.1) is 0 Å². The van der Waals surface area contributed by atoms with E-state index in [0.29, 0.717) is 30.6 Å². The van der Waals surface area contributed by atoms with Crippen LogP contribution in [0, 0.1) is 17.7 Å². The quantitative estimate of drug-likeness (QED) is 0.374. The molecule has 4 heterocycles. The minimum absolute atomic E-state index is 0.221. The fourth-order valence-corrected chi connectivity index (χ4v) is 6.68. The van der Waals surface area contributed by atoms with E-state index in [4.69, 9.17) is 9.72 Å². The maximum atomic E-state index is 14.4. The molecule has 0 amide bonds. The van der Waals surface area contributed by atoms with E-state index in [1.807, 2.05) is 0 Å². The Morgan fingerprint density at radius 3 is 2.87 bits per heavy atom. The second-order valence-electron chi connectivity index (χ2n) is 11.5. The van der Waals surface area contributed by atoms with Gasteiger partial charge in [-0.05, 0) is 104 Å². The van der Waals surface area contributed by atoms with Crippen molar-refractivity contribution in [1.29, 1.82) is 0 Å². The zero-order valence-electron chi connectivity index (χ0n) is 22.6. The van der Waals surface area contributed by atoms with Gasteiger partial charge >= 0.3 is 5.97 Å². The summed E-state index contributed by atoms with van der Waals surface area (Å²) in [5.41, 5.74) is 4.10. The molecule has 206 valence electrons. The van der Waals surface area contributed by atoms with E-state index in [-0.39, 0.29) is 11.7 Å². The molecule has 38 heavy (non-hydrogen) atoms. The van der Waals surface area contributed by atoms with Crippen LogP contribution in [0.1, 0.15) is 86.2 Å². The van der Waals surface area contributed by atoms with Gasteiger partial charge in [0.25, 0.3) is 0 Å². The molecule has 2 fully saturated rings. The van der Waals surface area contributed by atoms with Crippen LogP contribution in [-0.4, -0.2) is 53.8 Å². The summed E-state index contributed by atoms with van der Waals surface area (Å²) in [7, 11) is 0. The molecule has 3 aliphatic rings. The number of ether oxygens (including phenoxy) is 1. The van der Waals surface area contributed by atoms with Gasteiger partial charge < -0.3 is 15.2 Å². The highest BCUT2D eigenvalue weighted by atomic mass is 19.1. The zero-order valence-corrected chi connectivity index (χ0v) is 22.6. The molecule has 0 spiro atoms. The fourth-order valence-electron chi connectivity index (χ4n) is 6.68. The van der Waals surface area contributed by atoms with Gasteiger partial charge in [0.1, 0.15) is 17.7 Å². The molecule has 2 N–H and O–H groups in total. The van der Waals surface area contributed by atoms with Crippen molar-refractivity contribution in [2.24, 2.45) is 11.8 Å². The number of aliphatic carboxylic acids is 1. The summed E-state index contributed by atoms with van der Waals surface area (Å²) in [5.74, 6) is 1.02. The van der Waals surface area contributed by atoms with Crippen LogP contribution in [0.4, 0.5) is 10.2 Å². The first-order valence-corrected chi connectivity index (χ1v) is 14.6. The number of nitrogens with one attached hydrogen (secondary N) is 1. The first-order chi connectivity index (χ1) is 18.5. The predicted octanol–water partition coefficient (Wildman–Crippen LogP) is 5.97. The van der Waals surface area contributed by atoms with Gasteiger partial charge in [-0.2, -0.15) is 0 Å². The van der Waals surface area contributed by atoms with E-state index in [0.717, 1.165) is 88.1 Å². The molecule has 2 saturated heterocycles. The van der Waals surface area contributed by atoms with Crippen LogP contribution >= 0.6 is 0 Å². The van der Waals surface area contributed by atoms with Crippen molar-refractivity contribution in [3.05, 3.63) is 58.5 Å². The van der Waals surface area contributed by atoms with Crippen LogP contribution in [0.2, 0.25) is 0 Å². The number of benzene rings is 1. The molecular weight excluding hydrogens is 481 g/mol. The number of likely N-dealkylation sites (tertiary alicyclic amines) is 1. The number of carboxylic acid groups (broad SMARTS) is 1. The number of pyridine rings is 1. The number of hydrogen-bond donors (Lipinski definition) is 2. The van der Waals surface area contributed by atoms with Gasteiger partial charge in [-0.25, -0.2) is 9.37 Å². The number of hydrogen-bond acceptors (Lipinski definition) is 5. The molecule has 5 rings (SSSR count). The molecule has 1 aromatic heterocycles. The van der Waals surface area contributed by atoms with Crippen molar-refractivity contribution in [3.8, 4) is 0 Å². The van der Waals surface area contributed by atoms with Crippen LogP contribution in [-0.2, 0) is 22.4 Å². The van der Waals surface area contributed by atoms with Gasteiger partial charge in [0.05, 0.1) is 0 Å². The third kappa shape index (κ3) is 6.37.